The summed E-state index contributed by atoms with van der Waals surface area (Å²) in [6, 6.07) is 0. The Labute approximate surface area is 64.7 Å². The molecule has 1 N–H and O–H groups in total. The standard InChI is InChI=1S/C6H11F3OSi/c1-4-11(3,10)6(8,9)5(2)7/h4-5,10H,1H2,2-3H3. The fourth-order valence-electron chi connectivity index (χ4n) is 0.539. The van der Waals surface area contributed by atoms with E-state index in [0.717, 1.165) is 19.2 Å². The smallest absolute Gasteiger partial charge is 0.292 e. The van der Waals surface area contributed by atoms with Gasteiger partial charge in [0.1, 0.15) is 0 Å². The Bertz CT molecular complexity index is 156. The Morgan fingerprint density at radius 2 is 2.00 bits per heavy atom. The van der Waals surface area contributed by atoms with Gasteiger partial charge in [-0.15, -0.1) is 6.58 Å². The van der Waals surface area contributed by atoms with Gasteiger partial charge in [-0.3, -0.25) is 0 Å². The van der Waals surface area contributed by atoms with Crippen molar-refractivity contribution in [1.29, 1.82) is 0 Å². The van der Waals surface area contributed by atoms with E-state index >= 15 is 0 Å². The first-order valence-electron chi connectivity index (χ1n) is 3.13. The normalized spacial score (nSPS) is 20.5. The molecule has 0 bridgehead atoms. The van der Waals surface area contributed by atoms with Gasteiger partial charge in [0, 0.05) is 0 Å². The lowest BCUT2D eigenvalue weighted by atomic mass is 10.5. The molecule has 2 unspecified atom stereocenters. The van der Waals surface area contributed by atoms with Gasteiger partial charge in [0.05, 0.1) is 0 Å². The predicted molar refractivity (Wildman–Crippen MR) is 39.6 cm³/mol. The van der Waals surface area contributed by atoms with Crippen LogP contribution in [-0.2, 0) is 0 Å². The van der Waals surface area contributed by atoms with Gasteiger partial charge >= 0.3 is 0 Å². The van der Waals surface area contributed by atoms with E-state index in [0.29, 0.717) is 0 Å². The molecule has 0 amide bonds. The average molecular weight is 184 g/mol. The van der Waals surface area contributed by atoms with Crippen LogP contribution in [0, 0.1) is 0 Å². The van der Waals surface area contributed by atoms with Crippen molar-refractivity contribution in [2.24, 2.45) is 0 Å². The highest BCUT2D eigenvalue weighted by atomic mass is 28.4. The SMILES string of the molecule is C=C[Si](C)(O)C(F)(F)C(C)F. The third-order valence-electron chi connectivity index (χ3n) is 1.57. The minimum absolute atomic E-state index is 0.727. The van der Waals surface area contributed by atoms with Crippen LogP contribution in [-0.4, -0.2) is 24.8 Å². The Kier molecular flexibility index (Phi) is 2.90. The van der Waals surface area contributed by atoms with Gasteiger partial charge in [-0.05, 0) is 13.5 Å². The Hall–Kier alpha value is -0.293. The van der Waals surface area contributed by atoms with E-state index in [1.165, 1.54) is 0 Å². The van der Waals surface area contributed by atoms with Crippen LogP contribution < -0.4 is 0 Å². The van der Waals surface area contributed by atoms with Crippen LogP contribution in [0.3, 0.4) is 0 Å². The number of rotatable bonds is 3. The minimum Gasteiger partial charge on any atom is -0.424 e. The van der Waals surface area contributed by atoms with Gasteiger partial charge in [0.15, 0.2) is 6.17 Å². The molecule has 0 saturated carbocycles. The number of hydrogen-bond donors (Lipinski definition) is 1. The van der Waals surface area contributed by atoms with Gasteiger partial charge in [0.25, 0.3) is 13.9 Å². The summed E-state index contributed by atoms with van der Waals surface area (Å²) in [7, 11) is -3.91. The lowest BCUT2D eigenvalue weighted by molar-refractivity contribution is -0.00766. The van der Waals surface area contributed by atoms with Crippen molar-refractivity contribution in [3.05, 3.63) is 12.3 Å². The highest BCUT2D eigenvalue weighted by molar-refractivity contribution is 6.78. The molecule has 0 aliphatic heterocycles. The fourth-order valence-corrected chi connectivity index (χ4v) is 1.62. The maximum absolute atomic E-state index is 12.7. The molecule has 11 heavy (non-hydrogen) atoms. The topological polar surface area (TPSA) is 20.2 Å². The zero-order chi connectivity index (χ0) is 9.28. The van der Waals surface area contributed by atoms with Crippen molar-refractivity contribution in [2.45, 2.75) is 25.2 Å². The summed E-state index contributed by atoms with van der Waals surface area (Å²) in [5, 5.41) is 0. The second kappa shape index (κ2) is 2.98. The molecule has 0 aromatic rings. The maximum Gasteiger partial charge on any atom is 0.292 e. The molecule has 0 radical (unpaired) electrons. The second-order valence-corrected chi connectivity index (χ2v) is 5.96. The van der Waals surface area contributed by atoms with E-state index < -0.39 is 20.0 Å². The van der Waals surface area contributed by atoms with Crippen LogP contribution in [0.25, 0.3) is 0 Å². The molecule has 0 aliphatic carbocycles. The van der Waals surface area contributed by atoms with Crippen molar-refractivity contribution in [3.63, 3.8) is 0 Å². The molecule has 0 aliphatic rings. The van der Waals surface area contributed by atoms with Gasteiger partial charge in [0.2, 0.25) is 0 Å². The third kappa shape index (κ3) is 1.84. The summed E-state index contributed by atoms with van der Waals surface area (Å²) in [5.74, 6) is 0. The summed E-state index contributed by atoms with van der Waals surface area (Å²) in [4.78, 5) is 9.05. The van der Waals surface area contributed by atoms with Crippen molar-refractivity contribution in [3.8, 4) is 0 Å². The molecule has 1 nitrogen and oxygen atoms in total. The second-order valence-electron chi connectivity index (χ2n) is 2.59. The summed E-state index contributed by atoms with van der Waals surface area (Å²) < 4.78 is 37.6. The highest BCUT2D eigenvalue weighted by Gasteiger charge is 2.54. The first kappa shape index (κ1) is 10.7. The van der Waals surface area contributed by atoms with Crippen LogP contribution in [0.2, 0.25) is 6.55 Å². The van der Waals surface area contributed by atoms with Crippen molar-refractivity contribution in [2.75, 3.05) is 0 Å². The monoisotopic (exact) mass is 184 g/mol. The molecular formula is C6H11F3OSi. The molecule has 0 aromatic heterocycles. The van der Waals surface area contributed by atoms with E-state index in [1.54, 1.807) is 0 Å². The molecule has 66 valence electrons. The van der Waals surface area contributed by atoms with Gasteiger partial charge < -0.3 is 4.80 Å². The first-order chi connectivity index (χ1) is 4.75. The molecular weight excluding hydrogens is 173 g/mol. The Morgan fingerprint density at radius 3 is 2.09 bits per heavy atom. The highest BCUT2D eigenvalue weighted by Crippen LogP contribution is 2.30. The molecule has 0 rings (SSSR count). The van der Waals surface area contributed by atoms with Crippen LogP contribution >= 0.6 is 0 Å². The Morgan fingerprint density at radius 1 is 1.64 bits per heavy atom. The summed E-state index contributed by atoms with van der Waals surface area (Å²) in [6.45, 7) is 4.73. The van der Waals surface area contributed by atoms with Gasteiger partial charge in [-0.2, -0.15) is 0 Å². The van der Waals surface area contributed by atoms with Crippen LogP contribution in [0.1, 0.15) is 6.92 Å². The van der Waals surface area contributed by atoms with Crippen molar-refractivity contribution < 1.29 is 18.0 Å². The summed E-state index contributed by atoms with van der Waals surface area (Å²) >= 11 is 0. The molecule has 5 heteroatoms. The Balaban J connectivity index is 4.66. The average Bonchev–Trinajstić information content (AvgIpc) is 1.87. The van der Waals surface area contributed by atoms with E-state index in [1.807, 2.05) is 0 Å². The van der Waals surface area contributed by atoms with E-state index in [2.05, 4.69) is 6.58 Å². The van der Waals surface area contributed by atoms with Crippen molar-refractivity contribution in [1.82, 2.24) is 0 Å². The van der Waals surface area contributed by atoms with E-state index in [-0.39, 0.29) is 0 Å². The first-order valence-corrected chi connectivity index (χ1v) is 5.66. The summed E-state index contributed by atoms with van der Waals surface area (Å²) in [6.07, 6.45) is -2.33. The number of alkyl halides is 3. The minimum atomic E-state index is -3.91. The third-order valence-corrected chi connectivity index (χ3v) is 4.11. The lowest BCUT2D eigenvalue weighted by Crippen LogP contribution is -2.54. The molecule has 0 spiro atoms. The van der Waals surface area contributed by atoms with Crippen LogP contribution in [0.5, 0.6) is 0 Å². The molecule has 0 saturated heterocycles. The molecule has 2 atom stereocenters. The lowest BCUT2D eigenvalue weighted by Gasteiger charge is -2.27. The van der Waals surface area contributed by atoms with Gasteiger partial charge in [-0.25, -0.2) is 13.2 Å². The molecule has 0 aromatic carbocycles. The number of halogens is 3. The molecule has 0 heterocycles. The van der Waals surface area contributed by atoms with Crippen molar-refractivity contribution >= 4 is 8.32 Å². The van der Waals surface area contributed by atoms with Gasteiger partial charge in [-0.1, -0.05) is 5.70 Å². The quantitative estimate of drug-likeness (QED) is 0.663. The zero-order valence-electron chi connectivity index (χ0n) is 6.44. The van der Waals surface area contributed by atoms with E-state index in [4.69, 9.17) is 4.80 Å². The van der Waals surface area contributed by atoms with Crippen LogP contribution in [0.15, 0.2) is 12.3 Å². The fraction of sp³-hybridized carbons (Fsp3) is 0.667. The predicted octanol–water partition coefficient (Wildman–Crippen LogP) is 1.81. The van der Waals surface area contributed by atoms with Crippen LogP contribution in [0.4, 0.5) is 13.2 Å². The number of hydrogen-bond acceptors (Lipinski definition) is 1. The molecule has 0 fully saturated rings. The maximum atomic E-state index is 12.7. The zero-order valence-corrected chi connectivity index (χ0v) is 7.44. The largest absolute Gasteiger partial charge is 0.424 e. The van der Waals surface area contributed by atoms with E-state index in [9.17, 15) is 13.2 Å². The summed E-state index contributed by atoms with van der Waals surface area (Å²) in [5.41, 5.74) is -2.88.